The minimum absolute atomic E-state index is 0.0833. The minimum Gasteiger partial charge on any atom is -0.481 e. The molecule has 0 aliphatic rings. The lowest BCUT2D eigenvalue weighted by atomic mass is 10.8. The van der Waals surface area contributed by atoms with Crippen molar-refractivity contribution in [3.05, 3.63) is 0 Å². The van der Waals surface area contributed by atoms with Gasteiger partial charge in [-0.2, -0.15) is 50.5 Å². The third-order valence-electron chi connectivity index (χ3n) is 0.371. The van der Waals surface area contributed by atoms with E-state index >= 15 is 0 Å². The van der Waals surface area contributed by atoms with Crippen LogP contribution in [0, 0.1) is 0 Å². The molecule has 0 aromatic rings. The molecule has 0 bridgehead atoms. The molecule has 0 aromatic carbocycles. The summed E-state index contributed by atoms with van der Waals surface area (Å²) in [5.74, 6) is -0.173. The third-order valence-corrected chi connectivity index (χ3v) is 1.71. The van der Waals surface area contributed by atoms with Crippen molar-refractivity contribution in [2.75, 3.05) is 23.0 Å². The smallest absolute Gasteiger partial charge is 0.313 e. The average Bonchev–Trinajstić information content (AvgIpc) is 2.19. The van der Waals surface area contributed by atoms with Crippen molar-refractivity contribution < 1.29 is 19.8 Å². The largest absolute Gasteiger partial charge is 0.481 e. The van der Waals surface area contributed by atoms with Gasteiger partial charge in [0.05, 0.1) is 11.5 Å². The van der Waals surface area contributed by atoms with E-state index in [-0.39, 0.29) is 11.5 Å². The third kappa shape index (κ3) is 55.6. The Morgan fingerprint density at radius 2 is 0.929 bits per heavy atom. The maximum Gasteiger partial charge on any atom is 0.313 e. The first-order valence-electron chi connectivity index (χ1n) is 3.33. The maximum atomic E-state index is 9.29. The van der Waals surface area contributed by atoms with Crippen LogP contribution >= 0.6 is 50.5 Å². The van der Waals surface area contributed by atoms with Crippen LogP contribution in [0.3, 0.4) is 0 Å². The van der Waals surface area contributed by atoms with Crippen molar-refractivity contribution in [1.82, 2.24) is 0 Å². The lowest BCUT2D eigenvalue weighted by Crippen LogP contribution is -1.92. The topological polar surface area (TPSA) is 74.6 Å². The summed E-state index contributed by atoms with van der Waals surface area (Å²) in [4.78, 5) is 18.6. The van der Waals surface area contributed by atoms with Crippen LogP contribution in [-0.4, -0.2) is 45.2 Å². The summed E-state index contributed by atoms with van der Waals surface area (Å²) in [6.07, 6.45) is 0. The van der Waals surface area contributed by atoms with Crippen LogP contribution in [0.5, 0.6) is 0 Å². The fourth-order valence-corrected chi connectivity index (χ4v) is 0. The van der Waals surface area contributed by atoms with Crippen LogP contribution < -0.4 is 0 Å². The van der Waals surface area contributed by atoms with E-state index in [1.807, 2.05) is 0 Å². The predicted octanol–water partition coefficient (Wildman–Crippen LogP) is 0.848. The zero-order chi connectivity index (χ0) is 12.0. The standard InChI is InChI=1S/2C2H4O2S.C2H6S2/c2*3-2(4)1-5;3-1-2-4/h2*5H,1H2,(H,3,4);3-4H,1-2H2. The van der Waals surface area contributed by atoms with Crippen LogP contribution in [-0.2, 0) is 9.59 Å². The van der Waals surface area contributed by atoms with E-state index in [1.165, 1.54) is 0 Å². The predicted molar refractivity (Wildman–Crippen MR) is 70.7 cm³/mol. The molecular formula is C6H14O4S4. The van der Waals surface area contributed by atoms with Gasteiger partial charge in [0, 0.05) is 0 Å². The number of hydrogen-bond acceptors (Lipinski definition) is 6. The van der Waals surface area contributed by atoms with Gasteiger partial charge in [0.2, 0.25) is 0 Å². The summed E-state index contributed by atoms with van der Waals surface area (Å²) in [6, 6.07) is 0. The number of aliphatic carboxylic acids is 2. The van der Waals surface area contributed by atoms with Crippen molar-refractivity contribution in [3.8, 4) is 0 Å². The number of thiol groups is 4. The van der Waals surface area contributed by atoms with Gasteiger partial charge in [-0.25, -0.2) is 0 Å². The van der Waals surface area contributed by atoms with Gasteiger partial charge in [0.25, 0.3) is 0 Å². The second-order valence-electron chi connectivity index (χ2n) is 1.55. The van der Waals surface area contributed by atoms with E-state index in [0.717, 1.165) is 11.5 Å². The Morgan fingerprint density at radius 1 is 0.786 bits per heavy atom. The van der Waals surface area contributed by atoms with Crippen molar-refractivity contribution in [2.45, 2.75) is 0 Å². The van der Waals surface area contributed by atoms with Gasteiger partial charge < -0.3 is 10.2 Å². The Kier molecular flexibility index (Phi) is 26.9. The van der Waals surface area contributed by atoms with Gasteiger partial charge in [-0.3, -0.25) is 9.59 Å². The Labute approximate surface area is 105 Å². The molecule has 0 aliphatic heterocycles. The van der Waals surface area contributed by atoms with Crippen molar-refractivity contribution >= 4 is 62.5 Å². The molecule has 0 rings (SSSR count). The Bertz CT molecular complexity index is 126. The Morgan fingerprint density at radius 3 is 0.929 bits per heavy atom. The van der Waals surface area contributed by atoms with Crippen molar-refractivity contribution in [3.63, 3.8) is 0 Å². The van der Waals surface area contributed by atoms with Gasteiger partial charge in [0.1, 0.15) is 0 Å². The van der Waals surface area contributed by atoms with E-state index in [0.29, 0.717) is 0 Å². The van der Waals surface area contributed by atoms with E-state index in [2.05, 4.69) is 50.5 Å². The minimum atomic E-state index is -0.881. The zero-order valence-electron chi connectivity index (χ0n) is 7.33. The number of hydrogen-bond donors (Lipinski definition) is 6. The first-order valence-corrected chi connectivity index (χ1v) is 5.86. The fraction of sp³-hybridized carbons (Fsp3) is 0.667. The molecule has 0 aliphatic carbocycles. The summed E-state index contributed by atoms with van der Waals surface area (Å²) in [5.41, 5.74) is 0. The molecule has 0 radical (unpaired) electrons. The quantitative estimate of drug-likeness (QED) is 0.433. The highest BCUT2D eigenvalue weighted by Gasteiger charge is 1.82. The molecule has 0 aromatic heterocycles. The van der Waals surface area contributed by atoms with Crippen molar-refractivity contribution in [2.24, 2.45) is 0 Å². The lowest BCUT2D eigenvalue weighted by molar-refractivity contribution is -0.134. The molecule has 86 valence electrons. The molecule has 0 unspecified atom stereocenters. The number of carboxylic acid groups (broad SMARTS) is 2. The molecule has 0 spiro atoms. The fourth-order valence-electron chi connectivity index (χ4n) is 0. The Hall–Kier alpha value is 0.340. The summed E-state index contributed by atoms with van der Waals surface area (Å²) in [5, 5.41) is 15.3. The molecule has 8 heteroatoms. The highest BCUT2D eigenvalue weighted by Crippen LogP contribution is 1.73. The highest BCUT2D eigenvalue weighted by atomic mass is 32.1. The maximum absolute atomic E-state index is 9.29. The first kappa shape index (κ1) is 19.8. The molecule has 0 heterocycles. The normalized spacial score (nSPS) is 7.43. The number of carboxylic acids is 2. The van der Waals surface area contributed by atoms with Crippen LogP contribution in [0.15, 0.2) is 0 Å². The van der Waals surface area contributed by atoms with Crippen LogP contribution in [0.2, 0.25) is 0 Å². The molecule has 4 nitrogen and oxygen atoms in total. The van der Waals surface area contributed by atoms with Crippen LogP contribution in [0.4, 0.5) is 0 Å². The summed E-state index contributed by atoms with van der Waals surface area (Å²) >= 11 is 14.5. The molecule has 2 N–H and O–H groups in total. The van der Waals surface area contributed by atoms with Gasteiger partial charge in [-0.15, -0.1) is 0 Å². The van der Waals surface area contributed by atoms with Crippen LogP contribution in [0.25, 0.3) is 0 Å². The SMILES string of the molecule is O=C(O)CS.O=C(O)CS.SCCS. The summed E-state index contributed by atoms with van der Waals surface area (Å²) < 4.78 is 0. The molecule has 14 heavy (non-hydrogen) atoms. The molecular weight excluding hydrogens is 264 g/mol. The second kappa shape index (κ2) is 19.0. The van der Waals surface area contributed by atoms with Gasteiger partial charge in [-0.05, 0) is 11.5 Å². The Balaban J connectivity index is -0.000000131. The summed E-state index contributed by atoms with van der Waals surface area (Å²) in [7, 11) is 0. The van der Waals surface area contributed by atoms with E-state index in [9.17, 15) is 9.59 Å². The molecule has 0 saturated carbocycles. The van der Waals surface area contributed by atoms with E-state index < -0.39 is 11.9 Å². The van der Waals surface area contributed by atoms with Gasteiger partial charge in [0.15, 0.2) is 0 Å². The summed E-state index contributed by atoms with van der Waals surface area (Å²) in [6.45, 7) is 0. The number of carbonyl (C=O) groups is 2. The molecule has 0 atom stereocenters. The highest BCUT2D eigenvalue weighted by molar-refractivity contribution is 7.84. The first-order chi connectivity index (χ1) is 6.45. The zero-order valence-corrected chi connectivity index (χ0v) is 10.9. The molecule has 0 amide bonds. The monoisotopic (exact) mass is 278 g/mol. The van der Waals surface area contributed by atoms with Crippen LogP contribution in [0.1, 0.15) is 0 Å². The molecule has 0 fully saturated rings. The number of rotatable bonds is 3. The lowest BCUT2D eigenvalue weighted by Gasteiger charge is -1.71. The van der Waals surface area contributed by atoms with Gasteiger partial charge in [-0.1, -0.05) is 0 Å². The van der Waals surface area contributed by atoms with E-state index in [4.69, 9.17) is 10.2 Å². The van der Waals surface area contributed by atoms with E-state index in [1.54, 1.807) is 0 Å². The second-order valence-corrected chi connectivity index (χ2v) is 3.08. The average molecular weight is 278 g/mol. The van der Waals surface area contributed by atoms with Crippen molar-refractivity contribution in [1.29, 1.82) is 0 Å². The molecule has 0 saturated heterocycles. The van der Waals surface area contributed by atoms with Gasteiger partial charge >= 0.3 is 11.9 Å².